The van der Waals surface area contributed by atoms with E-state index in [4.69, 9.17) is 0 Å². The molecule has 0 aromatic heterocycles. The number of hydrogen-bond acceptors (Lipinski definition) is 2. The van der Waals surface area contributed by atoms with Crippen LogP contribution in [0.5, 0.6) is 0 Å². The Morgan fingerprint density at radius 3 is 2.73 bits per heavy atom. The van der Waals surface area contributed by atoms with Gasteiger partial charge < -0.3 is 10.6 Å². The van der Waals surface area contributed by atoms with Gasteiger partial charge in [-0.15, -0.1) is 24.0 Å². The first kappa shape index (κ1) is 21.6. The summed E-state index contributed by atoms with van der Waals surface area (Å²) >= 11 is 0. The minimum atomic E-state index is -0.725. The summed E-state index contributed by atoms with van der Waals surface area (Å²) in [5.74, 6) is 1.59. The predicted octanol–water partition coefficient (Wildman–Crippen LogP) is 3.54. The molecule has 0 spiro atoms. The first-order valence-corrected chi connectivity index (χ1v) is 10.6. The zero-order valence-electron chi connectivity index (χ0n) is 15.4. The van der Waals surface area contributed by atoms with Gasteiger partial charge in [0, 0.05) is 46.9 Å². The molecule has 2 aliphatic rings. The molecular weight excluding hydrogens is 464 g/mol. The summed E-state index contributed by atoms with van der Waals surface area (Å²) in [5.41, 5.74) is 0.784. The number of nitrogens with zero attached hydrogens (tertiary/aromatic N) is 1. The summed E-state index contributed by atoms with van der Waals surface area (Å²) < 4.78 is 26.0. The lowest BCUT2D eigenvalue weighted by molar-refractivity contribution is 0.413. The molecule has 0 heterocycles. The van der Waals surface area contributed by atoms with Gasteiger partial charge in [-0.3, -0.25) is 9.20 Å². The van der Waals surface area contributed by atoms with Crippen molar-refractivity contribution in [3.8, 4) is 0 Å². The van der Waals surface area contributed by atoms with Crippen LogP contribution < -0.4 is 10.6 Å². The third-order valence-corrected chi connectivity index (χ3v) is 7.00. The highest BCUT2D eigenvalue weighted by Gasteiger charge is 2.40. The highest BCUT2D eigenvalue weighted by atomic mass is 127. The van der Waals surface area contributed by atoms with E-state index in [1.165, 1.54) is 6.07 Å². The Kier molecular flexibility index (Phi) is 8.32. The number of aliphatic imine (C=N–C) groups is 1. The van der Waals surface area contributed by atoms with Gasteiger partial charge in [-0.25, -0.2) is 4.39 Å². The first-order valence-electron chi connectivity index (χ1n) is 9.23. The van der Waals surface area contributed by atoms with Gasteiger partial charge >= 0.3 is 0 Å². The van der Waals surface area contributed by atoms with E-state index in [-0.39, 0.29) is 41.8 Å². The smallest absolute Gasteiger partial charge is 0.191 e. The number of halogens is 2. The molecular formula is C19H29FIN3OS. The van der Waals surface area contributed by atoms with Crippen molar-refractivity contribution in [2.24, 2.45) is 4.99 Å². The minimum Gasteiger partial charge on any atom is -0.354 e. The van der Waals surface area contributed by atoms with Crippen molar-refractivity contribution in [1.82, 2.24) is 10.6 Å². The number of benzene rings is 1. The van der Waals surface area contributed by atoms with Crippen molar-refractivity contribution in [2.75, 3.05) is 12.8 Å². The van der Waals surface area contributed by atoms with E-state index in [1.807, 2.05) is 19.1 Å². The molecule has 26 heavy (non-hydrogen) atoms. The molecule has 2 saturated carbocycles. The van der Waals surface area contributed by atoms with Crippen LogP contribution in [-0.2, 0) is 10.8 Å². The maximum absolute atomic E-state index is 13.9. The van der Waals surface area contributed by atoms with Gasteiger partial charge in [-0.05, 0) is 37.3 Å². The third-order valence-electron chi connectivity index (χ3n) is 5.26. The topological polar surface area (TPSA) is 53.5 Å². The second-order valence-corrected chi connectivity index (χ2v) is 8.99. The summed E-state index contributed by atoms with van der Waals surface area (Å²) in [7, 11) is 1.04. The lowest BCUT2D eigenvalue weighted by Crippen LogP contribution is -2.47. The summed E-state index contributed by atoms with van der Waals surface area (Å²) in [6, 6.07) is 7.54. The van der Waals surface area contributed by atoms with Gasteiger partial charge in [0.05, 0.1) is 0 Å². The molecule has 5 unspecified atom stereocenters. The quantitative estimate of drug-likeness (QED) is 0.375. The molecule has 7 heteroatoms. The van der Waals surface area contributed by atoms with E-state index in [2.05, 4.69) is 15.6 Å². The number of rotatable bonds is 5. The molecule has 1 aromatic carbocycles. The standard InChI is InChI=1S/C19H28FN3OS.HI/c1-3-25(24)14-8-6-7-13(11-14)22-19(21-2)23-18-12-16(18)15-9-4-5-10-17(15)20;/h4-5,9-10,13-14,16,18H,3,6-8,11-12H2,1-2H3,(H2,21,22,23);1H. The summed E-state index contributed by atoms with van der Waals surface area (Å²) in [5, 5.41) is 7.19. The van der Waals surface area contributed by atoms with E-state index in [0.29, 0.717) is 11.3 Å². The summed E-state index contributed by atoms with van der Waals surface area (Å²) in [4.78, 5) is 4.33. The zero-order chi connectivity index (χ0) is 17.8. The molecule has 2 aliphatic carbocycles. The SMILES string of the molecule is CCS(=O)C1CCCC(NC(=NC)NC2CC2c2ccccc2F)C1.I. The Morgan fingerprint density at radius 2 is 2.04 bits per heavy atom. The van der Waals surface area contributed by atoms with Crippen LogP contribution in [0.25, 0.3) is 0 Å². The molecule has 3 rings (SSSR count). The average Bonchev–Trinajstić information content (AvgIpc) is 3.40. The lowest BCUT2D eigenvalue weighted by atomic mass is 9.95. The van der Waals surface area contributed by atoms with Gasteiger partial charge in [0.25, 0.3) is 0 Å². The van der Waals surface area contributed by atoms with E-state index in [0.717, 1.165) is 49.4 Å². The van der Waals surface area contributed by atoms with Gasteiger partial charge in [0.15, 0.2) is 5.96 Å². The third kappa shape index (κ3) is 5.41. The van der Waals surface area contributed by atoms with Crippen molar-refractivity contribution in [1.29, 1.82) is 0 Å². The van der Waals surface area contributed by atoms with Gasteiger partial charge in [-0.2, -0.15) is 0 Å². The molecule has 2 fully saturated rings. The van der Waals surface area contributed by atoms with Gasteiger partial charge in [0.2, 0.25) is 0 Å². The van der Waals surface area contributed by atoms with Crippen molar-refractivity contribution in [3.63, 3.8) is 0 Å². The second-order valence-electron chi connectivity index (χ2n) is 6.99. The highest BCUT2D eigenvalue weighted by molar-refractivity contribution is 14.0. The van der Waals surface area contributed by atoms with Crippen molar-refractivity contribution in [2.45, 2.75) is 62.3 Å². The Labute approximate surface area is 175 Å². The molecule has 1 aromatic rings. The normalized spacial score (nSPS) is 29.4. The van der Waals surface area contributed by atoms with Crippen molar-refractivity contribution in [3.05, 3.63) is 35.6 Å². The zero-order valence-corrected chi connectivity index (χ0v) is 18.6. The predicted molar refractivity (Wildman–Crippen MR) is 117 cm³/mol. The second kappa shape index (κ2) is 10.0. The summed E-state index contributed by atoms with van der Waals surface area (Å²) in [6.45, 7) is 1.99. The molecule has 5 atom stereocenters. The first-order chi connectivity index (χ1) is 12.1. The largest absolute Gasteiger partial charge is 0.354 e. The number of hydrogen-bond donors (Lipinski definition) is 2. The van der Waals surface area contributed by atoms with E-state index in [9.17, 15) is 8.60 Å². The van der Waals surface area contributed by atoms with Crippen LogP contribution in [0, 0.1) is 5.82 Å². The fraction of sp³-hybridized carbons (Fsp3) is 0.632. The van der Waals surface area contributed by atoms with Gasteiger partial charge in [0.1, 0.15) is 5.82 Å². The van der Waals surface area contributed by atoms with Crippen LogP contribution in [-0.4, -0.2) is 40.3 Å². The maximum Gasteiger partial charge on any atom is 0.191 e. The number of guanidine groups is 1. The van der Waals surface area contributed by atoms with Crippen LogP contribution in [0.2, 0.25) is 0 Å². The highest BCUT2D eigenvalue weighted by Crippen LogP contribution is 2.41. The lowest BCUT2D eigenvalue weighted by Gasteiger charge is -2.30. The van der Waals surface area contributed by atoms with E-state index < -0.39 is 10.8 Å². The summed E-state index contributed by atoms with van der Waals surface area (Å²) in [6.07, 6.45) is 5.10. The number of nitrogens with one attached hydrogen (secondary N) is 2. The average molecular weight is 493 g/mol. The monoisotopic (exact) mass is 493 g/mol. The van der Waals surface area contributed by atoms with Crippen molar-refractivity contribution >= 4 is 40.7 Å². The Hall–Kier alpha value is -0.700. The van der Waals surface area contributed by atoms with E-state index in [1.54, 1.807) is 13.1 Å². The van der Waals surface area contributed by atoms with Crippen LogP contribution in [0.1, 0.15) is 50.5 Å². The Bertz CT molecular complexity index is 657. The van der Waals surface area contributed by atoms with Gasteiger partial charge in [-0.1, -0.05) is 31.5 Å². The van der Waals surface area contributed by atoms with Crippen LogP contribution in [0.3, 0.4) is 0 Å². The fourth-order valence-electron chi connectivity index (χ4n) is 3.76. The van der Waals surface area contributed by atoms with Crippen molar-refractivity contribution < 1.29 is 8.60 Å². The van der Waals surface area contributed by atoms with Crippen LogP contribution in [0.15, 0.2) is 29.3 Å². The van der Waals surface area contributed by atoms with Crippen LogP contribution in [0.4, 0.5) is 4.39 Å². The molecule has 0 saturated heterocycles. The van der Waals surface area contributed by atoms with E-state index >= 15 is 0 Å². The molecule has 0 aliphatic heterocycles. The van der Waals surface area contributed by atoms with Crippen LogP contribution >= 0.6 is 24.0 Å². The molecule has 146 valence electrons. The Balaban J connectivity index is 0.00000243. The maximum atomic E-state index is 13.9. The minimum absolute atomic E-state index is 0. The fourth-order valence-corrected chi connectivity index (χ4v) is 5.11. The molecule has 0 radical (unpaired) electrons. The molecule has 2 N–H and O–H groups in total. The Morgan fingerprint density at radius 1 is 1.27 bits per heavy atom. The molecule has 0 amide bonds. The molecule has 0 bridgehead atoms. The molecule has 4 nitrogen and oxygen atoms in total.